The van der Waals surface area contributed by atoms with E-state index in [1.54, 1.807) is 12.4 Å². The van der Waals surface area contributed by atoms with E-state index >= 15 is 0 Å². The maximum Gasteiger partial charge on any atom is 0.274 e. The van der Waals surface area contributed by atoms with Crippen LogP contribution in [0.5, 0.6) is 0 Å². The van der Waals surface area contributed by atoms with Crippen molar-refractivity contribution >= 4 is 5.91 Å². The van der Waals surface area contributed by atoms with Crippen LogP contribution >= 0.6 is 0 Å². The van der Waals surface area contributed by atoms with Crippen molar-refractivity contribution in [3.05, 3.63) is 60.0 Å². The van der Waals surface area contributed by atoms with Gasteiger partial charge in [0.05, 0.1) is 11.9 Å². The van der Waals surface area contributed by atoms with Crippen LogP contribution in [0.25, 0.3) is 11.4 Å². The van der Waals surface area contributed by atoms with Gasteiger partial charge in [0, 0.05) is 17.8 Å². The second kappa shape index (κ2) is 6.26. The molecule has 5 rings (SSSR count). The van der Waals surface area contributed by atoms with E-state index in [0.29, 0.717) is 23.3 Å². The summed E-state index contributed by atoms with van der Waals surface area (Å²) in [6.07, 6.45) is 6.22. The highest BCUT2D eigenvalue weighted by atomic mass is 16.5. The summed E-state index contributed by atoms with van der Waals surface area (Å²) < 4.78 is 5.60. The Bertz CT molecular complexity index is 970. The molecule has 0 spiro atoms. The molecule has 2 aromatic heterocycles. The van der Waals surface area contributed by atoms with Gasteiger partial charge in [-0.3, -0.25) is 9.78 Å². The molecule has 2 bridgehead atoms. The maximum absolute atomic E-state index is 13.1. The van der Waals surface area contributed by atoms with Gasteiger partial charge in [-0.1, -0.05) is 35.5 Å². The van der Waals surface area contributed by atoms with Crippen LogP contribution in [0.4, 0.5) is 0 Å². The fraction of sp³-hybridized carbons (Fsp3) is 0.350. The lowest BCUT2D eigenvalue weighted by Gasteiger charge is -2.32. The third-order valence-electron chi connectivity index (χ3n) is 5.55. The van der Waals surface area contributed by atoms with Gasteiger partial charge in [-0.05, 0) is 32.1 Å². The number of piperidine rings is 1. The predicted molar refractivity (Wildman–Crippen MR) is 96.5 cm³/mol. The van der Waals surface area contributed by atoms with E-state index in [0.717, 1.165) is 30.5 Å². The molecule has 3 aromatic rings. The fourth-order valence-corrected chi connectivity index (χ4v) is 4.29. The zero-order chi connectivity index (χ0) is 18.4. The van der Waals surface area contributed by atoms with E-state index < -0.39 is 0 Å². The van der Waals surface area contributed by atoms with Crippen molar-refractivity contribution in [1.29, 1.82) is 0 Å². The van der Waals surface area contributed by atoms with Crippen molar-refractivity contribution in [2.75, 3.05) is 0 Å². The van der Waals surface area contributed by atoms with Gasteiger partial charge in [0.1, 0.15) is 11.7 Å². The molecule has 7 heteroatoms. The van der Waals surface area contributed by atoms with E-state index in [9.17, 15) is 4.79 Å². The van der Waals surface area contributed by atoms with Crippen molar-refractivity contribution < 1.29 is 9.32 Å². The summed E-state index contributed by atoms with van der Waals surface area (Å²) in [6, 6.07) is 9.72. The third-order valence-corrected chi connectivity index (χ3v) is 5.55. The van der Waals surface area contributed by atoms with E-state index in [4.69, 9.17) is 4.52 Å². The first kappa shape index (κ1) is 16.1. The minimum Gasteiger partial charge on any atom is -0.337 e. The molecule has 1 saturated heterocycles. The van der Waals surface area contributed by atoms with Gasteiger partial charge in [0.15, 0.2) is 0 Å². The number of benzene rings is 1. The highest BCUT2D eigenvalue weighted by Crippen LogP contribution is 2.50. The van der Waals surface area contributed by atoms with Gasteiger partial charge < -0.3 is 9.42 Å². The average molecular weight is 361 g/mol. The average Bonchev–Trinajstić information content (AvgIpc) is 3.44. The SMILES string of the molecule is Cc1cnc(C(=O)N2C3CCC(C3)[C@H]2c2nc(-c3ccccc3)no2)cn1. The van der Waals surface area contributed by atoms with Crippen LogP contribution in [0.2, 0.25) is 0 Å². The lowest BCUT2D eigenvalue weighted by molar-refractivity contribution is 0.0532. The Balaban J connectivity index is 1.48. The topological polar surface area (TPSA) is 85.0 Å². The quantitative estimate of drug-likeness (QED) is 0.712. The Morgan fingerprint density at radius 1 is 1.15 bits per heavy atom. The number of aromatic nitrogens is 4. The molecule has 3 atom stereocenters. The normalized spacial score (nSPS) is 23.7. The summed E-state index contributed by atoms with van der Waals surface area (Å²) in [6.45, 7) is 1.85. The Kier molecular flexibility index (Phi) is 3.74. The molecule has 1 aromatic carbocycles. The lowest BCUT2D eigenvalue weighted by atomic mass is 9.98. The van der Waals surface area contributed by atoms with Gasteiger partial charge in [-0.2, -0.15) is 4.98 Å². The number of rotatable bonds is 3. The molecule has 1 saturated carbocycles. The van der Waals surface area contributed by atoms with Crippen LogP contribution in [-0.2, 0) is 0 Å². The van der Waals surface area contributed by atoms with Crippen LogP contribution in [0.3, 0.4) is 0 Å². The van der Waals surface area contributed by atoms with Crippen molar-refractivity contribution in [2.45, 2.75) is 38.3 Å². The molecule has 136 valence electrons. The van der Waals surface area contributed by atoms with Crippen LogP contribution in [0.15, 0.2) is 47.2 Å². The number of hydrogen-bond donors (Lipinski definition) is 0. The Morgan fingerprint density at radius 3 is 2.78 bits per heavy atom. The molecule has 1 aliphatic carbocycles. The summed E-state index contributed by atoms with van der Waals surface area (Å²) in [5, 5.41) is 4.14. The van der Waals surface area contributed by atoms with Crippen LogP contribution in [0.1, 0.15) is 47.4 Å². The number of amides is 1. The van der Waals surface area contributed by atoms with E-state index in [1.165, 1.54) is 0 Å². The molecule has 3 heterocycles. The number of likely N-dealkylation sites (tertiary alicyclic amines) is 1. The van der Waals surface area contributed by atoms with Gasteiger partial charge in [-0.25, -0.2) is 4.98 Å². The highest BCUT2D eigenvalue weighted by Gasteiger charge is 2.51. The molecule has 0 radical (unpaired) electrons. The van der Waals surface area contributed by atoms with Crippen molar-refractivity contribution in [3.8, 4) is 11.4 Å². The lowest BCUT2D eigenvalue weighted by Crippen LogP contribution is -2.40. The molecular weight excluding hydrogens is 342 g/mol. The van der Waals surface area contributed by atoms with Crippen LogP contribution in [0, 0.1) is 12.8 Å². The second-order valence-electron chi connectivity index (χ2n) is 7.25. The smallest absolute Gasteiger partial charge is 0.274 e. The second-order valence-corrected chi connectivity index (χ2v) is 7.25. The summed E-state index contributed by atoms with van der Waals surface area (Å²) in [5.74, 6) is 1.30. The first-order valence-corrected chi connectivity index (χ1v) is 9.21. The van der Waals surface area contributed by atoms with Crippen molar-refractivity contribution in [2.24, 2.45) is 5.92 Å². The van der Waals surface area contributed by atoms with E-state index in [2.05, 4.69) is 20.1 Å². The molecule has 2 fully saturated rings. The molecule has 1 amide bonds. The third kappa shape index (κ3) is 2.70. The first-order chi connectivity index (χ1) is 13.2. The van der Waals surface area contributed by atoms with E-state index in [1.807, 2.05) is 42.2 Å². The monoisotopic (exact) mass is 361 g/mol. The zero-order valence-corrected chi connectivity index (χ0v) is 14.9. The minimum atomic E-state index is -0.190. The summed E-state index contributed by atoms with van der Waals surface area (Å²) in [4.78, 5) is 28.1. The number of carbonyl (C=O) groups is 1. The van der Waals surface area contributed by atoms with Crippen molar-refractivity contribution in [1.82, 2.24) is 25.0 Å². The molecule has 2 aliphatic rings. The standard InChI is InChI=1S/C20H19N5O2/c1-12-10-22-16(11-21-12)20(26)25-15-8-7-14(9-15)17(25)19-23-18(24-27-19)13-5-3-2-4-6-13/h2-6,10-11,14-15,17H,7-9H2,1H3/t14?,15?,17-/m0/s1. The van der Waals surface area contributed by atoms with Crippen LogP contribution in [-0.4, -0.2) is 37.0 Å². The maximum atomic E-state index is 13.1. The Morgan fingerprint density at radius 2 is 2.00 bits per heavy atom. The van der Waals surface area contributed by atoms with Crippen LogP contribution < -0.4 is 0 Å². The first-order valence-electron chi connectivity index (χ1n) is 9.21. The molecule has 2 unspecified atom stereocenters. The molecule has 27 heavy (non-hydrogen) atoms. The number of carbonyl (C=O) groups excluding carboxylic acids is 1. The summed E-state index contributed by atoms with van der Waals surface area (Å²) in [7, 11) is 0. The number of aryl methyl sites for hydroxylation is 1. The zero-order valence-electron chi connectivity index (χ0n) is 14.9. The van der Waals surface area contributed by atoms with E-state index in [-0.39, 0.29) is 18.0 Å². The fourth-order valence-electron chi connectivity index (χ4n) is 4.29. The highest BCUT2D eigenvalue weighted by molar-refractivity contribution is 5.92. The minimum absolute atomic E-state index is 0.112. The number of nitrogens with zero attached hydrogens (tertiary/aromatic N) is 5. The summed E-state index contributed by atoms with van der Waals surface area (Å²) >= 11 is 0. The molecular formula is C20H19N5O2. The number of fused-ring (bicyclic) bond motifs is 2. The molecule has 0 N–H and O–H groups in total. The summed E-state index contributed by atoms with van der Waals surface area (Å²) in [5.41, 5.74) is 2.05. The Labute approximate surface area is 156 Å². The molecule has 1 aliphatic heterocycles. The molecule has 7 nitrogen and oxygen atoms in total. The van der Waals surface area contributed by atoms with Gasteiger partial charge >= 0.3 is 0 Å². The van der Waals surface area contributed by atoms with Crippen molar-refractivity contribution in [3.63, 3.8) is 0 Å². The van der Waals surface area contributed by atoms with Gasteiger partial charge in [-0.15, -0.1) is 0 Å². The predicted octanol–water partition coefficient (Wildman–Crippen LogP) is 3.20. The largest absolute Gasteiger partial charge is 0.337 e. The Hall–Kier alpha value is -3.09. The van der Waals surface area contributed by atoms with Gasteiger partial charge in [0.2, 0.25) is 11.7 Å². The number of hydrogen-bond acceptors (Lipinski definition) is 6. The van der Waals surface area contributed by atoms with Gasteiger partial charge in [0.25, 0.3) is 5.91 Å².